The highest BCUT2D eigenvalue weighted by atomic mass is 32.2. The van der Waals surface area contributed by atoms with Crippen LogP contribution in [-0.4, -0.2) is 19.8 Å². The van der Waals surface area contributed by atoms with E-state index in [1.54, 1.807) is 0 Å². The van der Waals surface area contributed by atoms with Crippen LogP contribution >= 0.6 is 0 Å². The quantitative estimate of drug-likeness (QED) is 0.854. The Hall–Kier alpha value is -0.790. The third kappa shape index (κ3) is 4.18. The predicted molar refractivity (Wildman–Crippen MR) is 54.3 cm³/mol. The molecule has 0 atom stereocenters. The second-order valence-corrected chi connectivity index (χ2v) is 5.86. The average molecular weight is 273 g/mol. The molecular formula is C9H14F3NO3S. The third-order valence-corrected chi connectivity index (χ3v) is 3.86. The minimum atomic E-state index is -5.55. The molecule has 1 amide bonds. The number of hydrogen-bond acceptors (Lipinski definition) is 3. The van der Waals surface area contributed by atoms with E-state index in [4.69, 9.17) is 0 Å². The molecule has 17 heavy (non-hydrogen) atoms. The van der Waals surface area contributed by atoms with Crippen molar-refractivity contribution in [2.24, 2.45) is 5.92 Å². The Morgan fingerprint density at radius 2 is 1.71 bits per heavy atom. The molecule has 1 aliphatic carbocycles. The van der Waals surface area contributed by atoms with Gasteiger partial charge in [-0.1, -0.05) is 19.3 Å². The molecule has 0 bridgehead atoms. The fourth-order valence-corrected chi connectivity index (χ4v) is 2.40. The van der Waals surface area contributed by atoms with Crippen LogP contribution in [0, 0.1) is 5.92 Å². The fourth-order valence-electron chi connectivity index (χ4n) is 1.90. The SMILES string of the molecule is O=C(CC1CCCCC1)NS(=O)(=O)C(F)(F)F. The average Bonchev–Trinajstić information content (AvgIpc) is 2.16. The van der Waals surface area contributed by atoms with Crippen molar-refractivity contribution in [2.45, 2.75) is 44.0 Å². The Balaban J connectivity index is 2.49. The molecule has 1 aliphatic rings. The van der Waals surface area contributed by atoms with Gasteiger partial charge >= 0.3 is 15.5 Å². The van der Waals surface area contributed by atoms with Crippen molar-refractivity contribution < 1.29 is 26.4 Å². The van der Waals surface area contributed by atoms with E-state index in [-0.39, 0.29) is 12.3 Å². The number of rotatable bonds is 3. The molecule has 1 N–H and O–H groups in total. The molecule has 0 aromatic rings. The van der Waals surface area contributed by atoms with Gasteiger partial charge in [0.2, 0.25) is 5.91 Å². The highest BCUT2D eigenvalue weighted by Crippen LogP contribution is 2.27. The van der Waals surface area contributed by atoms with E-state index < -0.39 is 21.4 Å². The topological polar surface area (TPSA) is 63.2 Å². The molecule has 1 saturated carbocycles. The van der Waals surface area contributed by atoms with Crippen molar-refractivity contribution in [3.8, 4) is 0 Å². The van der Waals surface area contributed by atoms with Gasteiger partial charge in [0.1, 0.15) is 0 Å². The van der Waals surface area contributed by atoms with Crippen molar-refractivity contribution in [1.82, 2.24) is 4.72 Å². The molecular weight excluding hydrogens is 259 g/mol. The van der Waals surface area contributed by atoms with Gasteiger partial charge < -0.3 is 0 Å². The fraction of sp³-hybridized carbons (Fsp3) is 0.889. The van der Waals surface area contributed by atoms with E-state index in [0.29, 0.717) is 0 Å². The van der Waals surface area contributed by atoms with Crippen molar-refractivity contribution in [3.63, 3.8) is 0 Å². The monoisotopic (exact) mass is 273 g/mol. The van der Waals surface area contributed by atoms with E-state index in [1.807, 2.05) is 0 Å². The van der Waals surface area contributed by atoms with Crippen LogP contribution in [0.15, 0.2) is 0 Å². The second kappa shape index (κ2) is 5.24. The molecule has 8 heteroatoms. The molecule has 0 aromatic carbocycles. The van der Waals surface area contributed by atoms with Gasteiger partial charge in [-0.3, -0.25) is 4.79 Å². The Bertz CT molecular complexity index is 371. The van der Waals surface area contributed by atoms with Gasteiger partial charge in [-0.2, -0.15) is 21.6 Å². The Morgan fingerprint density at radius 1 is 1.18 bits per heavy atom. The largest absolute Gasteiger partial charge is 0.516 e. The first-order valence-electron chi connectivity index (χ1n) is 5.34. The molecule has 0 aromatic heterocycles. The minimum Gasteiger partial charge on any atom is -0.274 e. The van der Waals surface area contributed by atoms with E-state index in [9.17, 15) is 26.4 Å². The maximum Gasteiger partial charge on any atom is 0.516 e. The lowest BCUT2D eigenvalue weighted by molar-refractivity contribution is -0.121. The summed E-state index contributed by atoms with van der Waals surface area (Å²) in [6.07, 6.45) is 4.29. The van der Waals surface area contributed by atoms with Gasteiger partial charge in [-0.25, -0.2) is 4.72 Å². The minimum absolute atomic E-state index is 0.00724. The van der Waals surface area contributed by atoms with Gasteiger partial charge in [0, 0.05) is 6.42 Å². The summed E-state index contributed by atoms with van der Waals surface area (Å²) in [5.74, 6) is -1.08. The number of amides is 1. The van der Waals surface area contributed by atoms with Crippen molar-refractivity contribution in [3.05, 3.63) is 0 Å². The lowest BCUT2D eigenvalue weighted by Gasteiger charge is -2.20. The third-order valence-electron chi connectivity index (χ3n) is 2.75. The lowest BCUT2D eigenvalue weighted by Crippen LogP contribution is -2.40. The summed E-state index contributed by atoms with van der Waals surface area (Å²) < 4.78 is 58.3. The van der Waals surface area contributed by atoms with Gasteiger partial charge in [0.15, 0.2) is 0 Å². The zero-order valence-electron chi connectivity index (χ0n) is 9.09. The molecule has 0 unspecified atom stereocenters. The highest BCUT2D eigenvalue weighted by Gasteiger charge is 2.47. The summed E-state index contributed by atoms with van der Waals surface area (Å²) in [6.45, 7) is 0. The van der Waals surface area contributed by atoms with Crippen LogP contribution in [0.1, 0.15) is 38.5 Å². The smallest absolute Gasteiger partial charge is 0.274 e. The van der Waals surface area contributed by atoms with E-state index in [2.05, 4.69) is 0 Å². The number of carbonyl (C=O) groups is 1. The zero-order chi connectivity index (χ0) is 13.1. The van der Waals surface area contributed by atoms with Gasteiger partial charge in [0.25, 0.3) is 0 Å². The molecule has 0 radical (unpaired) electrons. The summed E-state index contributed by atoms with van der Waals surface area (Å²) in [7, 11) is -5.55. The maximum absolute atomic E-state index is 12.0. The van der Waals surface area contributed by atoms with Gasteiger partial charge in [0.05, 0.1) is 0 Å². The summed E-state index contributed by atoms with van der Waals surface area (Å²) in [5.41, 5.74) is -5.44. The summed E-state index contributed by atoms with van der Waals surface area (Å²) in [4.78, 5) is 11.2. The summed E-state index contributed by atoms with van der Waals surface area (Å²) in [6, 6.07) is 0. The number of alkyl halides is 3. The molecule has 4 nitrogen and oxygen atoms in total. The van der Waals surface area contributed by atoms with E-state index >= 15 is 0 Å². The van der Waals surface area contributed by atoms with Crippen LogP contribution < -0.4 is 4.72 Å². The van der Waals surface area contributed by atoms with Crippen LogP contribution in [0.4, 0.5) is 13.2 Å². The summed E-state index contributed by atoms with van der Waals surface area (Å²) >= 11 is 0. The Kier molecular flexibility index (Phi) is 4.40. The van der Waals surface area contributed by atoms with Crippen LogP contribution in [0.25, 0.3) is 0 Å². The molecule has 0 heterocycles. The van der Waals surface area contributed by atoms with Crippen LogP contribution in [0.3, 0.4) is 0 Å². The van der Waals surface area contributed by atoms with Crippen molar-refractivity contribution in [1.29, 1.82) is 0 Å². The van der Waals surface area contributed by atoms with E-state index in [1.165, 1.54) is 0 Å². The first-order valence-corrected chi connectivity index (χ1v) is 6.82. The zero-order valence-corrected chi connectivity index (χ0v) is 9.90. The molecule has 0 aliphatic heterocycles. The summed E-state index contributed by atoms with van der Waals surface area (Å²) in [5, 5.41) is 0. The van der Waals surface area contributed by atoms with E-state index in [0.717, 1.165) is 36.8 Å². The number of hydrogen-bond donors (Lipinski definition) is 1. The molecule has 1 fully saturated rings. The Labute approximate surface area is 97.6 Å². The normalized spacial score (nSPS) is 19.0. The number of halogens is 3. The second-order valence-electron chi connectivity index (χ2n) is 4.18. The first kappa shape index (κ1) is 14.3. The molecule has 0 saturated heterocycles. The molecule has 1 rings (SSSR count). The van der Waals surface area contributed by atoms with Gasteiger partial charge in [-0.15, -0.1) is 0 Å². The number of sulfonamides is 1. The van der Waals surface area contributed by atoms with Crippen LogP contribution in [-0.2, 0) is 14.8 Å². The maximum atomic E-state index is 12.0. The molecule has 100 valence electrons. The first-order chi connectivity index (χ1) is 7.72. The van der Waals surface area contributed by atoms with Crippen LogP contribution in [0.2, 0.25) is 0 Å². The number of nitrogens with one attached hydrogen (secondary N) is 1. The van der Waals surface area contributed by atoms with Crippen molar-refractivity contribution >= 4 is 15.9 Å². The predicted octanol–water partition coefficient (Wildman–Crippen LogP) is 1.92. The standard InChI is InChI=1S/C9H14F3NO3S/c10-9(11,12)17(15,16)13-8(14)6-7-4-2-1-3-5-7/h7H,1-6H2,(H,13,14). The molecule has 0 spiro atoms. The van der Waals surface area contributed by atoms with Crippen LogP contribution in [0.5, 0.6) is 0 Å². The number of carbonyl (C=O) groups excluding carboxylic acids is 1. The highest BCUT2D eigenvalue weighted by molar-refractivity contribution is 7.90. The Morgan fingerprint density at radius 3 is 2.18 bits per heavy atom. The van der Waals surface area contributed by atoms with Gasteiger partial charge in [-0.05, 0) is 18.8 Å². The van der Waals surface area contributed by atoms with Crippen molar-refractivity contribution in [2.75, 3.05) is 0 Å². The lowest BCUT2D eigenvalue weighted by atomic mass is 9.87.